The van der Waals surface area contributed by atoms with Gasteiger partial charge in [-0.15, -0.1) is 0 Å². The van der Waals surface area contributed by atoms with E-state index in [1.54, 1.807) is 0 Å². The van der Waals surface area contributed by atoms with Crippen LogP contribution in [0.3, 0.4) is 0 Å². The minimum atomic E-state index is 0.728. The highest BCUT2D eigenvalue weighted by Gasteiger charge is 2.29. The first-order valence-electron chi connectivity index (χ1n) is 6.11. The van der Waals surface area contributed by atoms with Gasteiger partial charge in [-0.2, -0.15) is 0 Å². The normalized spacial score (nSPS) is 36.2. The Morgan fingerprint density at radius 3 is 2.64 bits per heavy atom. The van der Waals surface area contributed by atoms with Gasteiger partial charge >= 0.3 is 0 Å². The van der Waals surface area contributed by atoms with Gasteiger partial charge in [0.1, 0.15) is 0 Å². The maximum atomic E-state index is 3.77. The van der Waals surface area contributed by atoms with Gasteiger partial charge in [-0.3, -0.25) is 0 Å². The lowest BCUT2D eigenvalue weighted by Gasteiger charge is -2.19. The fourth-order valence-electron chi connectivity index (χ4n) is 2.64. The van der Waals surface area contributed by atoms with Crippen LogP contribution in [0.2, 0.25) is 0 Å². The van der Waals surface area contributed by atoms with Crippen LogP contribution in [0.25, 0.3) is 0 Å². The van der Waals surface area contributed by atoms with Crippen molar-refractivity contribution < 1.29 is 0 Å². The molecule has 2 rings (SSSR count). The highest BCUT2D eigenvalue weighted by atomic mass is 15.2. The van der Waals surface area contributed by atoms with Crippen LogP contribution in [0.1, 0.15) is 39.5 Å². The van der Waals surface area contributed by atoms with Gasteiger partial charge in [-0.25, -0.2) is 0 Å². The second-order valence-corrected chi connectivity index (χ2v) is 5.47. The third-order valence-electron chi connectivity index (χ3n) is 3.79. The molecule has 1 N–H and O–H groups in total. The number of hydrogen-bond acceptors (Lipinski definition) is 2. The Morgan fingerprint density at radius 1 is 1.43 bits per heavy atom. The monoisotopic (exact) mass is 196 g/mol. The van der Waals surface area contributed by atoms with Gasteiger partial charge in [-0.1, -0.05) is 12.8 Å². The van der Waals surface area contributed by atoms with E-state index in [4.69, 9.17) is 0 Å². The molecular weight excluding hydrogens is 172 g/mol. The Kier molecular flexibility index (Phi) is 3.13. The second-order valence-electron chi connectivity index (χ2n) is 5.47. The molecule has 0 aromatic carbocycles. The topological polar surface area (TPSA) is 15.3 Å². The third kappa shape index (κ3) is 2.71. The summed E-state index contributed by atoms with van der Waals surface area (Å²) in [6.45, 7) is 5.91. The Bertz CT molecular complexity index is 179. The molecule has 0 bridgehead atoms. The summed E-state index contributed by atoms with van der Waals surface area (Å²) in [5.41, 5.74) is 0. The predicted molar refractivity (Wildman–Crippen MR) is 60.4 cm³/mol. The lowest BCUT2D eigenvalue weighted by Crippen LogP contribution is -2.38. The van der Waals surface area contributed by atoms with Gasteiger partial charge in [0.15, 0.2) is 0 Å². The van der Waals surface area contributed by atoms with Crippen LogP contribution in [-0.4, -0.2) is 36.6 Å². The van der Waals surface area contributed by atoms with E-state index in [2.05, 4.69) is 31.1 Å². The van der Waals surface area contributed by atoms with Crippen molar-refractivity contribution in [3.05, 3.63) is 0 Å². The molecule has 3 unspecified atom stereocenters. The molecule has 82 valence electrons. The maximum absolute atomic E-state index is 3.77. The van der Waals surface area contributed by atoms with Crippen LogP contribution in [0.5, 0.6) is 0 Å². The number of likely N-dealkylation sites (tertiary alicyclic amines) is 1. The van der Waals surface area contributed by atoms with E-state index in [1.807, 2.05) is 0 Å². The molecular formula is C12H24N2. The highest BCUT2D eigenvalue weighted by Crippen LogP contribution is 2.33. The number of nitrogens with zero attached hydrogens (tertiary/aromatic N) is 1. The number of hydrogen-bond donors (Lipinski definition) is 1. The largest absolute Gasteiger partial charge is 0.310 e. The molecule has 1 heterocycles. The molecule has 2 heteroatoms. The van der Waals surface area contributed by atoms with Crippen molar-refractivity contribution in [1.82, 2.24) is 10.2 Å². The fraction of sp³-hybridized carbons (Fsp3) is 1.00. The summed E-state index contributed by atoms with van der Waals surface area (Å²) in [6, 6.07) is 2.23. The van der Waals surface area contributed by atoms with Crippen molar-refractivity contribution in [3.8, 4) is 0 Å². The van der Waals surface area contributed by atoms with Crippen LogP contribution in [0.4, 0.5) is 0 Å². The summed E-state index contributed by atoms with van der Waals surface area (Å²) < 4.78 is 0. The Hall–Kier alpha value is -0.0800. The Balaban J connectivity index is 1.69. The predicted octanol–water partition coefficient (Wildman–Crippen LogP) is 1.86. The van der Waals surface area contributed by atoms with Crippen molar-refractivity contribution in [2.45, 2.75) is 57.7 Å². The zero-order valence-electron chi connectivity index (χ0n) is 9.79. The van der Waals surface area contributed by atoms with Gasteiger partial charge in [0, 0.05) is 24.7 Å². The Labute approximate surface area is 88.1 Å². The van der Waals surface area contributed by atoms with Gasteiger partial charge in [-0.05, 0) is 39.7 Å². The number of nitrogens with one attached hydrogen (secondary N) is 1. The molecule has 3 atom stereocenters. The molecule has 0 amide bonds. The van der Waals surface area contributed by atoms with E-state index in [1.165, 1.54) is 32.2 Å². The fourth-order valence-corrected chi connectivity index (χ4v) is 2.64. The number of likely N-dealkylation sites (N-methyl/N-ethyl adjacent to an activating group) is 1. The second kappa shape index (κ2) is 4.19. The molecule has 0 aromatic heterocycles. The summed E-state index contributed by atoms with van der Waals surface area (Å²) in [4.78, 5) is 2.46. The summed E-state index contributed by atoms with van der Waals surface area (Å²) in [5, 5.41) is 3.77. The van der Waals surface area contributed by atoms with Gasteiger partial charge < -0.3 is 10.2 Å². The lowest BCUT2D eigenvalue weighted by atomic mass is 10.1. The average molecular weight is 196 g/mol. The van der Waals surface area contributed by atoms with E-state index in [0.717, 1.165) is 24.0 Å². The number of rotatable bonds is 4. The molecule has 0 spiro atoms. The summed E-state index contributed by atoms with van der Waals surface area (Å²) in [5.74, 6) is 1.05. The van der Waals surface area contributed by atoms with Crippen molar-refractivity contribution in [1.29, 1.82) is 0 Å². The van der Waals surface area contributed by atoms with Crippen LogP contribution in [0.15, 0.2) is 0 Å². The van der Waals surface area contributed by atoms with Crippen molar-refractivity contribution in [3.63, 3.8) is 0 Å². The molecule has 2 nitrogen and oxygen atoms in total. The van der Waals surface area contributed by atoms with Gasteiger partial charge in [0.25, 0.3) is 0 Å². The van der Waals surface area contributed by atoms with Crippen LogP contribution in [-0.2, 0) is 0 Å². The van der Waals surface area contributed by atoms with E-state index < -0.39 is 0 Å². The molecule has 1 saturated heterocycles. The summed E-state index contributed by atoms with van der Waals surface area (Å²) in [7, 11) is 2.23. The molecule has 1 saturated carbocycles. The Morgan fingerprint density at radius 2 is 2.14 bits per heavy atom. The zero-order valence-corrected chi connectivity index (χ0v) is 9.79. The zero-order chi connectivity index (χ0) is 10.1. The molecule has 2 aliphatic rings. The van der Waals surface area contributed by atoms with E-state index in [9.17, 15) is 0 Å². The maximum Gasteiger partial charge on any atom is 0.0212 e. The van der Waals surface area contributed by atoms with Gasteiger partial charge in [0.05, 0.1) is 0 Å². The first-order valence-corrected chi connectivity index (χ1v) is 6.11. The molecule has 1 aliphatic carbocycles. The minimum absolute atomic E-state index is 0.728. The van der Waals surface area contributed by atoms with Gasteiger partial charge in [0.2, 0.25) is 0 Å². The van der Waals surface area contributed by atoms with E-state index in [-0.39, 0.29) is 0 Å². The SMILES string of the molecule is CC(CC1CC1)NC1CC(C)N(C)C1. The van der Waals surface area contributed by atoms with Crippen LogP contribution in [0, 0.1) is 5.92 Å². The first-order chi connectivity index (χ1) is 6.65. The average Bonchev–Trinajstić information content (AvgIpc) is 2.82. The van der Waals surface area contributed by atoms with E-state index >= 15 is 0 Å². The quantitative estimate of drug-likeness (QED) is 0.738. The molecule has 2 fully saturated rings. The molecule has 0 radical (unpaired) electrons. The van der Waals surface area contributed by atoms with Crippen molar-refractivity contribution in [2.24, 2.45) is 5.92 Å². The lowest BCUT2D eigenvalue weighted by molar-refractivity contribution is 0.323. The minimum Gasteiger partial charge on any atom is -0.310 e. The highest BCUT2D eigenvalue weighted by molar-refractivity contribution is 4.87. The summed E-state index contributed by atoms with van der Waals surface area (Å²) >= 11 is 0. The first kappa shape index (κ1) is 10.4. The van der Waals surface area contributed by atoms with Crippen LogP contribution < -0.4 is 5.32 Å². The smallest absolute Gasteiger partial charge is 0.0212 e. The standard InChI is InChI=1S/C12H24N2/c1-9(6-11-4-5-11)13-12-7-10(2)14(3)8-12/h9-13H,4-8H2,1-3H3. The summed E-state index contributed by atoms with van der Waals surface area (Å²) in [6.07, 6.45) is 5.68. The van der Waals surface area contributed by atoms with E-state index in [0.29, 0.717) is 0 Å². The molecule has 1 aliphatic heterocycles. The van der Waals surface area contributed by atoms with Crippen molar-refractivity contribution >= 4 is 0 Å². The third-order valence-corrected chi connectivity index (χ3v) is 3.79. The molecule has 14 heavy (non-hydrogen) atoms. The molecule has 0 aromatic rings. The van der Waals surface area contributed by atoms with Crippen molar-refractivity contribution in [2.75, 3.05) is 13.6 Å². The van der Waals surface area contributed by atoms with Crippen LogP contribution >= 0.6 is 0 Å².